The zero-order valence-corrected chi connectivity index (χ0v) is 26.2. The number of nitrogens with zero attached hydrogens (tertiary/aromatic N) is 2. The summed E-state index contributed by atoms with van der Waals surface area (Å²) >= 11 is 9.51. The Bertz CT molecular complexity index is 1780. The number of methoxy groups -OCH3 is 1. The third-order valence-corrected chi connectivity index (χ3v) is 10.8. The molecule has 1 N–H and O–H groups in total. The van der Waals surface area contributed by atoms with E-state index in [2.05, 4.69) is 15.9 Å². The van der Waals surface area contributed by atoms with Gasteiger partial charge in [-0.1, -0.05) is 41.4 Å². The maximum Gasteiger partial charge on any atom is 0.241 e. The zero-order valence-electron chi connectivity index (χ0n) is 23.9. The highest BCUT2D eigenvalue weighted by Crippen LogP contribution is 2.64. The zero-order chi connectivity index (χ0) is 31.1. The van der Waals surface area contributed by atoms with Gasteiger partial charge >= 0.3 is 0 Å². The number of halogens is 2. The number of aromatic hydroxyl groups is 1. The number of imide groups is 2. The number of amides is 4. The summed E-state index contributed by atoms with van der Waals surface area (Å²) in [7, 11) is 1.44. The first-order valence-electron chi connectivity index (χ1n) is 14.4. The van der Waals surface area contributed by atoms with E-state index in [1.807, 2.05) is 19.1 Å². The molecule has 2 heterocycles. The Labute approximate surface area is 267 Å². The molecule has 4 aliphatic rings. The lowest BCUT2D eigenvalue weighted by Gasteiger charge is -2.49. The van der Waals surface area contributed by atoms with Gasteiger partial charge in [0, 0.05) is 10.9 Å². The van der Waals surface area contributed by atoms with Crippen LogP contribution in [0.5, 0.6) is 11.5 Å². The Kier molecular flexibility index (Phi) is 6.75. The first-order chi connectivity index (χ1) is 21.1. The Morgan fingerprint density at radius 3 is 2.27 bits per heavy atom. The van der Waals surface area contributed by atoms with E-state index < -0.39 is 35.0 Å². The minimum atomic E-state index is -1.20. The molecule has 224 valence electrons. The van der Waals surface area contributed by atoms with Crippen molar-refractivity contribution in [2.75, 3.05) is 16.9 Å². The quantitative estimate of drug-likeness (QED) is 0.259. The molecule has 6 atom stereocenters. The van der Waals surface area contributed by atoms with Crippen molar-refractivity contribution in [2.24, 2.45) is 29.1 Å². The first-order valence-corrected chi connectivity index (χ1v) is 15.6. The van der Waals surface area contributed by atoms with Crippen LogP contribution in [0.4, 0.5) is 11.4 Å². The Balaban J connectivity index is 1.39. The highest BCUT2D eigenvalue weighted by molar-refractivity contribution is 9.10. The summed E-state index contributed by atoms with van der Waals surface area (Å²) in [6.45, 7) is 1.82. The van der Waals surface area contributed by atoms with E-state index >= 15 is 0 Å². The number of benzene rings is 3. The number of carbonyl (C=O) groups is 4. The molecule has 2 aliphatic heterocycles. The van der Waals surface area contributed by atoms with Gasteiger partial charge in [0.25, 0.3) is 0 Å². The van der Waals surface area contributed by atoms with Gasteiger partial charge in [0.15, 0.2) is 11.5 Å². The third kappa shape index (κ3) is 3.95. The van der Waals surface area contributed by atoms with Crippen LogP contribution in [0.3, 0.4) is 0 Å². The summed E-state index contributed by atoms with van der Waals surface area (Å²) in [4.78, 5) is 59.1. The Morgan fingerprint density at radius 1 is 0.909 bits per heavy atom. The normalized spacial score (nSPS) is 29.4. The minimum Gasteiger partial charge on any atom is -0.503 e. The first kappa shape index (κ1) is 28.8. The lowest BCUT2D eigenvalue weighted by Crippen LogP contribution is -2.48. The average Bonchev–Trinajstić information content (AvgIpc) is 3.39. The molecule has 4 amide bonds. The molecule has 3 aromatic carbocycles. The largest absolute Gasteiger partial charge is 0.503 e. The molecule has 2 saturated heterocycles. The molecule has 8 nitrogen and oxygen atoms in total. The molecule has 0 unspecified atom stereocenters. The molecular formula is C34H28BrClN2O6. The second-order valence-electron chi connectivity index (χ2n) is 12.0. The van der Waals surface area contributed by atoms with E-state index in [0.717, 1.165) is 5.57 Å². The third-order valence-electron chi connectivity index (χ3n) is 9.98. The van der Waals surface area contributed by atoms with Gasteiger partial charge in [0.1, 0.15) is 0 Å². The van der Waals surface area contributed by atoms with Crippen molar-refractivity contribution in [1.82, 2.24) is 0 Å². The van der Waals surface area contributed by atoms with Crippen LogP contribution in [0, 0.1) is 29.1 Å². The van der Waals surface area contributed by atoms with Crippen LogP contribution in [0.1, 0.15) is 31.2 Å². The van der Waals surface area contributed by atoms with Gasteiger partial charge in [0.05, 0.1) is 46.1 Å². The highest BCUT2D eigenvalue weighted by atomic mass is 79.9. The number of fused-ring (bicyclic) bond motifs is 4. The lowest BCUT2D eigenvalue weighted by molar-refractivity contribution is -0.131. The van der Waals surface area contributed by atoms with E-state index in [4.69, 9.17) is 16.3 Å². The number of allylic oxidation sites excluding steroid dienone is 2. The van der Waals surface area contributed by atoms with Crippen LogP contribution >= 0.6 is 27.5 Å². The molecule has 3 aromatic rings. The van der Waals surface area contributed by atoms with E-state index in [9.17, 15) is 24.3 Å². The fourth-order valence-electron chi connectivity index (χ4n) is 7.98. The van der Waals surface area contributed by atoms with Gasteiger partial charge in [0.2, 0.25) is 23.6 Å². The number of ether oxygens (including phenoxy) is 1. The number of hydrogen-bond donors (Lipinski definition) is 1. The van der Waals surface area contributed by atoms with Crippen molar-refractivity contribution in [3.63, 3.8) is 0 Å². The van der Waals surface area contributed by atoms with Crippen molar-refractivity contribution in [2.45, 2.75) is 25.7 Å². The molecule has 3 fully saturated rings. The van der Waals surface area contributed by atoms with Gasteiger partial charge in [-0.05, 0) is 95.7 Å². The smallest absolute Gasteiger partial charge is 0.241 e. The summed E-state index contributed by atoms with van der Waals surface area (Å²) in [5.74, 6) is -4.26. The summed E-state index contributed by atoms with van der Waals surface area (Å²) in [5.41, 5.74) is 1.24. The van der Waals surface area contributed by atoms with Gasteiger partial charge in [-0.25, -0.2) is 4.90 Å². The van der Waals surface area contributed by atoms with Crippen molar-refractivity contribution >= 4 is 62.5 Å². The van der Waals surface area contributed by atoms with Crippen LogP contribution < -0.4 is 14.5 Å². The standard InChI is InChI=1S/C34H28BrClN2O6/c1-34-24(31(41)38(33(34)43)19-6-4-3-5-7-19)16-23-21(28(34)17-14-25(35)29(39)26(15-17)44-2)12-13-22-27(23)32(42)37(30(22)40)20-10-8-18(36)9-11-20/h3-12,14-15,22-24,27-28,39H,13,16H2,1-2H3/t22-,23+,24-,27-,28-,34+/m0/s1. The van der Waals surface area contributed by atoms with Gasteiger partial charge < -0.3 is 9.84 Å². The predicted octanol–water partition coefficient (Wildman–Crippen LogP) is 6.25. The van der Waals surface area contributed by atoms with Gasteiger partial charge in [-0.3, -0.25) is 24.1 Å². The second kappa shape index (κ2) is 10.3. The average molecular weight is 676 g/mol. The summed E-state index contributed by atoms with van der Waals surface area (Å²) < 4.78 is 5.85. The fourth-order valence-corrected chi connectivity index (χ4v) is 8.57. The number of rotatable bonds is 4. The maximum absolute atomic E-state index is 14.5. The molecule has 7 rings (SSSR count). The van der Waals surface area contributed by atoms with E-state index in [1.54, 1.807) is 60.7 Å². The van der Waals surface area contributed by atoms with E-state index in [-0.39, 0.29) is 41.5 Å². The number of hydrogen-bond acceptors (Lipinski definition) is 6. The SMILES string of the molecule is COc1cc([C@H]2C3=CC[C@@H]4C(=O)N(c5ccc(Cl)cc5)C(=O)[C@@H]4[C@@H]3C[C@H]3C(=O)N(c4ccccc4)C(=O)[C@@]23C)cc(Br)c1O. The van der Waals surface area contributed by atoms with E-state index in [0.29, 0.717) is 32.9 Å². The van der Waals surface area contributed by atoms with Crippen LogP contribution in [-0.4, -0.2) is 35.8 Å². The van der Waals surface area contributed by atoms with E-state index in [1.165, 1.54) is 16.9 Å². The van der Waals surface area contributed by atoms with Crippen molar-refractivity contribution in [3.05, 3.63) is 93.4 Å². The summed E-state index contributed by atoms with van der Waals surface area (Å²) in [6.07, 6.45) is 2.56. The van der Waals surface area contributed by atoms with Crippen molar-refractivity contribution < 1.29 is 29.0 Å². The molecule has 44 heavy (non-hydrogen) atoms. The maximum atomic E-state index is 14.5. The second-order valence-corrected chi connectivity index (χ2v) is 13.3. The lowest BCUT2D eigenvalue weighted by atomic mass is 9.51. The number of carbonyl (C=O) groups excluding carboxylic acids is 4. The fraction of sp³-hybridized carbons (Fsp3) is 0.294. The van der Waals surface area contributed by atoms with Crippen LogP contribution in [0.25, 0.3) is 0 Å². The number of anilines is 2. The predicted molar refractivity (Wildman–Crippen MR) is 167 cm³/mol. The molecule has 0 aromatic heterocycles. The number of phenols is 1. The minimum absolute atomic E-state index is 0.0853. The topological polar surface area (TPSA) is 104 Å². The Morgan fingerprint density at radius 2 is 1.59 bits per heavy atom. The molecule has 10 heteroatoms. The number of para-hydroxylation sites is 1. The monoisotopic (exact) mass is 674 g/mol. The molecular weight excluding hydrogens is 648 g/mol. The van der Waals surface area contributed by atoms with Gasteiger partial charge in [-0.2, -0.15) is 0 Å². The molecule has 0 spiro atoms. The van der Waals surface area contributed by atoms with Crippen molar-refractivity contribution in [3.8, 4) is 11.5 Å². The highest BCUT2D eigenvalue weighted by Gasteiger charge is 2.67. The molecule has 0 radical (unpaired) electrons. The summed E-state index contributed by atoms with van der Waals surface area (Å²) in [6, 6.07) is 18.9. The molecule has 2 aliphatic carbocycles. The summed E-state index contributed by atoms with van der Waals surface area (Å²) in [5, 5.41) is 11.1. The van der Waals surface area contributed by atoms with Crippen LogP contribution in [0.15, 0.2) is 82.9 Å². The van der Waals surface area contributed by atoms with Gasteiger partial charge in [-0.15, -0.1) is 0 Å². The number of phenolic OH excluding ortho intramolecular Hbond substituents is 1. The van der Waals surface area contributed by atoms with Crippen LogP contribution in [-0.2, 0) is 19.2 Å². The van der Waals surface area contributed by atoms with Crippen molar-refractivity contribution in [1.29, 1.82) is 0 Å². The Hall–Kier alpha value is -3.95. The van der Waals surface area contributed by atoms with Crippen LogP contribution in [0.2, 0.25) is 5.02 Å². The molecule has 0 bridgehead atoms. The molecule has 1 saturated carbocycles.